The van der Waals surface area contributed by atoms with Crippen LogP contribution in [-0.4, -0.2) is 46.1 Å². The summed E-state index contributed by atoms with van der Waals surface area (Å²) < 4.78 is 1.52. The van der Waals surface area contributed by atoms with Gasteiger partial charge < -0.3 is 10.2 Å². The zero-order valence-electron chi connectivity index (χ0n) is 15.3. The Bertz CT molecular complexity index is 824. The maximum absolute atomic E-state index is 12.3. The molecule has 7 heteroatoms. The zero-order valence-corrected chi connectivity index (χ0v) is 16.0. The zero-order chi connectivity index (χ0) is 19.2. The molecule has 0 spiro atoms. The number of piperidine rings is 1. The second-order valence-electron chi connectivity index (χ2n) is 6.72. The largest absolute Gasteiger partial charge is 0.350 e. The topological polar surface area (TPSA) is 67.2 Å². The van der Waals surface area contributed by atoms with E-state index in [4.69, 9.17) is 11.6 Å². The normalized spacial score (nSPS) is 15.3. The average Bonchev–Trinajstić information content (AvgIpc) is 3.03. The summed E-state index contributed by atoms with van der Waals surface area (Å²) in [4.78, 5) is 26.3. The van der Waals surface area contributed by atoms with Crippen molar-refractivity contribution in [2.45, 2.75) is 12.8 Å². The van der Waals surface area contributed by atoms with Gasteiger partial charge in [0.1, 0.15) is 0 Å². The molecule has 0 saturated carbocycles. The van der Waals surface area contributed by atoms with E-state index in [9.17, 15) is 9.59 Å². The van der Waals surface area contributed by atoms with Crippen molar-refractivity contribution in [3.63, 3.8) is 0 Å². The molecule has 0 aliphatic carbocycles. The summed E-state index contributed by atoms with van der Waals surface area (Å²) in [7, 11) is 1.72. The number of carbonyl (C=O) groups excluding carboxylic acids is 2. The quantitative estimate of drug-likeness (QED) is 0.803. The molecular formula is C20H23ClN4O2. The van der Waals surface area contributed by atoms with Gasteiger partial charge in [-0.05, 0) is 30.4 Å². The summed E-state index contributed by atoms with van der Waals surface area (Å²) in [5.74, 6) is 0.116. The van der Waals surface area contributed by atoms with Crippen molar-refractivity contribution in [3.05, 3.63) is 58.9 Å². The Morgan fingerprint density at radius 2 is 1.96 bits per heavy atom. The average molecular weight is 387 g/mol. The van der Waals surface area contributed by atoms with Crippen LogP contribution in [-0.2, 0) is 11.8 Å². The van der Waals surface area contributed by atoms with Gasteiger partial charge >= 0.3 is 0 Å². The molecule has 2 aromatic rings. The highest BCUT2D eigenvalue weighted by Crippen LogP contribution is 2.18. The molecule has 2 heterocycles. The third-order valence-corrected chi connectivity index (χ3v) is 4.97. The van der Waals surface area contributed by atoms with Crippen LogP contribution in [0.3, 0.4) is 0 Å². The van der Waals surface area contributed by atoms with E-state index in [0.717, 1.165) is 18.4 Å². The van der Waals surface area contributed by atoms with Crippen molar-refractivity contribution < 1.29 is 9.59 Å². The highest BCUT2D eigenvalue weighted by atomic mass is 35.5. The predicted molar refractivity (Wildman–Crippen MR) is 105 cm³/mol. The van der Waals surface area contributed by atoms with Crippen molar-refractivity contribution in [2.24, 2.45) is 13.0 Å². The molecular weight excluding hydrogens is 364 g/mol. The highest BCUT2D eigenvalue weighted by molar-refractivity contribution is 6.33. The van der Waals surface area contributed by atoms with E-state index in [1.807, 2.05) is 41.3 Å². The van der Waals surface area contributed by atoms with E-state index in [1.165, 1.54) is 4.68 Å². The van der Waals surface area contributed by atoms with Gasteiger partial charge in [0.05, 0.1) is 5.02 Å². The molecule has 0 atom stereocenters. The molecule has 142 valence electrons. The van der Waals surface area contributed by atoms with Gasteiger partial charge in [-0.1, -0.05) is 41.9 Å². The Labute approximate surface area is 163 Å². The van der Waals surface area contributed by atoms with E-state index in [0.29, 0.717) is 30.6 Å². The van der Waals surface area contributed by atoms with Crippen LogP contribution >= 0.6 is 11.6 Å². The number of hydrogen-bond acceptors (Lipinski definition) is 3. The summed E-state index contributed by atoms with van der Waals surface area (Å²) in [6.07, 6.45) is 6.79. The molecule has 0 bridgehead atoms. The van der Waals surface area contributed by atoms with Crippen LogP contribution < -0.4 is 5.32 Å². The lowest BCUT2D eigenvalue weighted by molar-refractivity contribution is -0.127. The number of amides is 2. The van der Waals surface area contributed by atoms with Gasteiger partial charge in [0, 0.05) is 39.0 Å². The molecule has 1 aliphatic rings. The maximum atomic E-state index is 12.3. The fourth-order valence-corrected chi connectivity index (χ4v) is 3.39. The lowest BCUT2D eigenvalue weighted by atomic mass is 9.96. The van der Waals surface area contributed by atoms with E-state index >= 15 is 0 Å². The van der Waals surface area contributed by atoms with Gasteiger partial charge in [0.25, 0.3) is 5.91 Å². The standard InChI is InChI=1S/C20H23ClN4O2/c1-24-14-17(21)19(23-24)20(27)22-13-16-9-11-25(12-10-16)18(26)8-7-15-5-3-2-4-6-15/h2-8,14,16H,9-13H2,1H3,(H,22,27)/b8-7+. The number of benzene rings is 1. The first-order valence-electron chi connectivity index (χ1n) is 9.02. The van der Waals surface area contributed by atoms with Gasteiger partial charge in [0.2, 0.25) is 5.91 Å². The van der Waals surface area contributed by atoms with Crippen LogP contribution in [0.25, 0.3) is 6.08 Å². The summed E-state index contributed by atoms with van der Waals surface area (Å²) in [6.45, 7) is 1.96. The minimum Gasteiger partial charge on any atom is -0.350 e. The smallest absolute Gasteiger partial charge is 0.273 e. The molecule has 3 rings (SSSR count). The first-order chi connectivity index (χ1) is 13.0. The first-order valence-corrected chi connectivity index (χ1v) is 9.40. The molecule has 0 radical (unpaired) electrons. The number of likely N-dealkylation sites (tertiary alicyclic amines) is 1. The number of rotatable bonds is 5. The number of nitrogens with one attached hydrogen (secondary N) is 1. The number of aromatic nitrogens is 2. The summed E-state index contributed by atoms with van der Waals surface area (Å²) in [5.41, 5.74) is 1.26. The second kappa shape index (κ2) is 8.86. The molecule has 1 aromatic carbocycles. The van der Waals surface area contributed by atoms with Crippen molar-refractivity contribution in [3.8, 4) is 0 Å². The molecule has 1 aliphatic heterocycles. The van der Waals surface area contributed by atoms with Gasteiger partial charge in [-0.25, -0.2) is 0 Å². The summed E-state index contributed by atoms with van der Waals surface area (Å²) >= 11 is 5.99. The lowest BCUT2D eigenvalue weighted by Crippen LogP contribution is -2.41. The van der Waals surface area contributed by atoms with Crippen LogP contribution in [0.1, 0.15) is 28.9 Å². The third kappa shape index (κ3) is 5.20. The van der Waals surface area contributed by atoms with Crippen molar-refractivity contribution in [2.75, 3.05) is 19.6 Å². The number of carbonyl (C=O) groups is 2. The number of aryl methyl sites for hydroxylation is 1. The molecule has 2 amide bonds. The van der Waals surface area contributed by atoms with Crippen molar-refractivity contribution in [1.82, 2.24) is 20.0 Å². The maximum Gasteiger partial charge on any atom is 0.273 e. The van der Waals surface area contributed by atoms with Gasteiger partial charge in [-0.3, -0.25) is 14.3 Å². The van der Waals surface area contributed by atoms with E-state index in [1.54, 1.807) is 19.3 Å². The van der Waals surface area contributed by atoms with E-state index in [-0.39, 0.29) is 17.5 Å². The molecule has 1 fully saturated rings. The van der Waals surface area contributed by atoms with Crippen LogP contribution in [0.15, 0.2) is 42.6 Å². The van der Waals surface area contributed by atoms with Crippen LogP contribution in [0.5, 0.6) is 0 Å². The molecule has 1 saturated heterocycles. The summed E-state index contributed by atoms with van der Waals surface area (Å²) in [5, 5.41) is 7.31. The molecule has 1 aromatic heterocycles. The Hall–Kier alpha value is -2.60. The monoisotopic (exact) mass is 386 g/mol. The lowest BCUT2D eigenvalue weighted by Gasteiger charge is -2.31. The molecule has 1 N–H and O–H groups in total. The van der Waals surface area contributed by atoms with Crippen LogP contribution in [0, 0.1) is 5.92 Å². The van der Waals surface area contributed by atoms with Crippen molar-refractivity contribution >= 4 is 29.5 Å². The fraction of sp³-hybridized carbons (Fsp3) is 0.350. The van der Waals surface area contributed by atoms with Gasteiger partial charge in [-0.2, -0.15) is 5.10 Å². The Morgan fingerprint density at radius 1 is 1.26 bits per heavy atom. The Morgan fingerprint density at radius 3 is 2.59 bits per heavy atom. The van der Waals surface area contributed by atoms with Crippen LogP contribution in [0.2, 0.25) is 5.02 Å². The van der Waals surface area contributed by atoms with E-state index in [2.05, 4.69) is 10.4 Å². The third-order valence-electron chi connectivity index (χ3n) is 4.69. The molecule has 27 heavy (non-hydrogen) atoms. The minimum absolute atomic E-state index is 0.0293. The van der Waals surface area contributed by atoms with Gasteiger partial charge in [0.15, 0.2) is 5.69 Å². The summed E-state index contributed by atoms with van der Waals surface area (Å²) in [6, 6.07) is 9.77. The predicted octanol–water partition coefficient (Wildman–Crippen LogP) is 2.76. The fourth-order valence-electron chi connectivity index (χ4n) is 3.13. The Kier molecular flexibility index (Phi) is 6.29. The minimum atomic E-state index is -0.259. The number of hydrogen-bond donors (Lipinski definition) is 1. The SMILES string of the molecule is Cn1cc(Cl)c(C(=O)NCC2CCN(C(=O)/C=C/c3ccccc3)CC2)n1. The van der Waals surface area contributed by atoms with Crippen molar-refractivity contribution in [1.29, 1.82) is 0 Å². The van der Waals surface area contributed by atoms with Crippen LogP contribution in [0.4, 0.5) is 0 Å². The second-order valence-corrected chi connectivity index (χ2v) is 7.13. The molecule has 6 nitrogen and oxygen atoms in total. The molecule has 0 unspecified atom stereocenters. The highest BCUT2D eigenvalue weighted by Gasteiger charge is 2.23. The number of nitrogens with zero attached hydrogens (tertiary/aromatic N) is 3. The van der Waals surface area contributed by atoms with Gasteiger partial charge in [-0.15, -0.1) is 0 Å². The van der Waals surface area contributed by atoms with E-state index < -0.39 is 0 Å². The number of halogens is 1. The Balaban J connectivity index is 1.43. The first kappa shape index (κ1) is 19.2.